The molecule has 0 aliphatic rings. The molecule has 4 aromatic rings. The fourth-order valence-electron chi connectivity index (χ4n) is 4.00. The summed E-state index contributed by atoms with van der Waals surface area (Å²) < 4.78 is 16.4. The van der Waals surface area contributed by atoms with Crippen LogP contribution in [0.25, 0.3) is 21.5 Å². The van der Waals surface area contributed by atoms with Crippen molar-refractivity contribution in [1.82, 2.24) is 0 Å². The first-order chi connectivity index (χ1) is 18.0. The number of methoxy groups -OCH3 is 1. The third-order valence-electron chi connectivity index (χ3n) is 6.10. The van der Waals surface area contributed by atoms with Crippen LogP contribution in [0.3, 0.4) is 0 Å². The van der Waals surface area contributed by atoms with Crippen LogP contribution in [0, 0.1) is 11.8 Å². The van der Waals surface area contributed by atoms with Gasteiger partial charge in [-0.3, -0.25) is 0 Å². The van der Waals surface area contributed by atoms with E-state index in [4.69, 9.17) is 14.2 Å². The third kappa shape index (κ3) is 7.38. The van der Waals surface area contributed by atoms with E-state index in [-0.39, 0.29) is 5.97 Å². The molecule has 0 aliphatic heterocycles. The van der Waals surface area contributed by atoms with Gasteiger partial charge in [-0.1, -0.05) is 42.7 Å². The average molecular weight is 493 g/mol. The van der Waals surface area contributed by atoms with E-state index in [1.54, 1.807) is 14.0 Å². The molecule has 0 atom stereocenters. The highest BCUT2D eigenvalue weighted by atomic mass is 16.5. The van der Waals surface area contributed by atoms with Crippen LogP contribution in [0.2, 0.25) is 0 Å². The summed E-state index contributed by atoms with van der Waals surface area (Å²) in [6.45, 7) is 6.35. The predicted molar refractivity (Wildman–Crippen MR) is 150 cm³/mol. The quantitative estimate of drug-likeness (QED) is 0.0997. The number of esters is 1. The second-order valence-electron chi connectivity index (χ2n) is 9.08. The number of ether oxygens (including phenoxy) is 3. The van der Waals surface area contributed by atoms with Crippen molar-refractivity contribution in [1.29, 1.82) is 0 Å². The molecular formula is C33H32O4. The molecular weight excluding hydrogens is 460 g/mol. The van der Waals surface area contributed by atoms with Crippen LogP contribution < -0.4 is 9.47 Å². The Morgan fingerprint density at radius 3 is 1.81 bits per heavy atom. The normalized spacial score (nSPS) is 10.5. The van der Waals surface area contributed by atoms with Crippen molar-refractivity contribution in [2.24, 2.45) is 0 Å². The van der Waals surface area contributed by atoms with Crippen LogP contribution in [0.5, 0.6) is 11.5 Å². The molecule has 0 fully saturated rings. The highest BCUT2D eigenvalue weighted by Crippen LogP contribution is 2.23. The van der Waals surface area contributed by atoms with Crippen LogP contribution in [0.4, 0.5) is 0 Å². The molecule has 0 aliphatic carbocycles. The van der Waals surface area contributed by atoms with Crippen molar-refractivity contribution < 1.29 is 19.0 Å². The zero-order chi connectivity index (χ0) is 26.0. The highest BCUT2D eigenvalue weighted by Gasteiger charge is 2.03. The van der Waals surface area contributed by atoms with Crippen molar-refractivity contribution >= 4 is 27.5 Å². The number of rotatable bonds is 10. The molecule has 0 saturated heterocycles. The Labute approximate surface area is 218 Å². The monoisotopic (exact) mass is 492 g/mol. The molecule has 4 heteroatoms. The summed E-state index contributed by atoms with van der Waals surface area (Å²) in [5.41, 5.74) is 2.40. The maximum absolute atomic E-state index is 11.3. The summed E-state index contributed by atoms with van der Waals surface area (Å²) in [6.07, 6.45) is 3.85. The summed E-state index contributed by atoms with van der Waals surface area (Å²) in [5, 5.41) is 4.54. The van der Waals surface area contributed by atoms with Crippen molar-refractivity contribution in [2.75, 3.05) is 20.3 Å². The summed E-state index contributed by atoms with van der Waals surface area (Å²) in [7, 11) is 1.68. The lowest BCUT2D eigenvalue weighted by atomic mass is 10.1. The van der Waals surface area contributed by atoms with Crippen molar-refractivity contribution in [3.63, 3.8) is 0 Å². The summed E-state index contributed by atoms with van der Waals surface area (Å²) in [6, 6.07) is 24.7. The van der Waals surface area contributed by atoms with Gasteiger partial charge >= 0.3 is 5.97 Å². The Bertz CT molecular complexity index is 1470. The lowest BCUT2D eigenvalue weighted by molar-refractivity contribution is -0.139. The van der Waals surface area contributed by atoms with Crippen molar-refractivity contribution in [3.8, 4) is 23.3 Å². The number of carbonyl (C=O) groups excluding carboxylic acids is 1. The number of hydrogen-bond acceptors (Lipinski definition) is 4. The van der Waals surface area contributed by atoms with Crippen LogP contribution in [0.1, 0.15) is 43.7 Å². The summed E-state index contributed by atoms with van der Waals surface area (Å²) in [5.74, 6) is 7.99. The smallest absolute Gasteiger partial charge is 0.333 e. The Hall–Kier alpha value is -4.23. The minimum absolute atomic E-state index is 0.314. The molecule has 4 nitrogen and oxygen atoms in total. The minimum Gasteiger partial charge on any atom is -0.497 e. The highest BCUT2D eigenvalue weighted by molar-refractivity contribution is 5.87. The van der Waals surface area contributed by atoms with Gasteiger partial charge in [-0.05, 0) is 103 Å². The summed E-state index contributed by atoms with van der Waals surface area (Å²) in [4.78, 5) is 11.3. The predicted octanol–water partition coefficient (Wildman–Crippen LogP) is 7.46. The van der Waals surface area contributed by atoms with Gasteiger partial charge in [-0.15, -0.1) is 0 Å². The topological polar surface area (TPSA) is 44.8 Å². The number of unbranched alkanes of at least 4 members (excludes halogenated alkanes) is 3. The second-order valence-corrected chi connectivity index (χ2v) is 9.08. The van der Waals surface area contributed by atoms with Crippen LogP contribution in [0.15, 0.2) is 84.9 Å². The van der Waals surface area contributed by atoms with Gasteiger partial charge in [-0.2, -0.15) is 0 Å². The number of benzene rings is 4. The molecule has 4 rings (SSSR count). The first-order valence-electron chi connectivity index (χ1n) is 12.6. The molecule has 0 saturated carbocycles. The van der Waals surface area contributed by atoms with Gasteiger partial charge in [0.15, 0.2) is 0 Å². The molecule has 37 heavy (non-hydrogen) atoms. The first-order valence-corrected chi connectivity index (χ1v) is 12.6. The lowest BCUT2D eigenvalue weighted by Gasteiger charge is -2.08. The van der Waals surface area contributed by atoms with E-state index in [9.17, 15) is 4.79 Å². The van der Waals surface area contributed by atoms with E-state index in [2.05, 4.69) is 60.9 Å². The molecule has 0 amide bonds. The molecule has 0 heterocycles. The number of hydrogen-bond donors (Lipinski definition) is 0. The molecule has 0 radical (unpaired) electrons. The fourth-order valence-corrected chi connectivity index (χ4v) is 4.00. The average Bonchev–Trinajstić information content (AvgIpc) is 2.92. The molecule has 0 unspecified atom stereocenters. The van der Waals surface area contributed by atoms with E-state index in [1.807, 2.05) is 30.3 Å². The largest absolute Gasteiger partial charge is 0.497 e. The Morgan fingerprint density at radius 2 is 1.22 bits per heavy atom. The summed E-state index contributed by atoms with van der Waals surface area (Å²) >= 11 is 0. The molecule has 188 valence electrons. The van der Waals surface area contributed by atoms with Gasteiger partial charge in [0.25, 0.3) is 0 Å². The first kappa shape index (κ1) is 25.9. The SMILES string of the molecule is C=C(C)C(=O)OCCCCCCOc1ccc2cc(C#Cc3ccc4cc(OC)ccc4c3)ccc2c1. The molecule has 4 aromatic carbocycles. The fraction of sp³-hybridized carbons (Fsp3) is 0.242. The van der Waals surface area contributed by atoms with Crippen LogP contribution in [-0.4, -0.2) is 26.3 Å². The number of fused-ring (bicyclic) bond motifs is 2. The van der Waals surface area contributed by atoms with Gasteiger partial charge in [0.1, 0.15) is 11.5 Å². The Kier molecular flexibility index (Phi) is 8.84. The van der Waals surface area contributed by atoms with Gasteiger partial charge in [0, 0.05) is 16.7 Å². The lowest BCUT2D eigenvalue weighted by Crippen LogP contribution is -2.06. The van der Waals surface area contributed by atoms with Gasteiger partial charge in [-0.25, -0.2) is 4.79 Å². The van der Waals surface area contributed by atoms with E-state index in [0.29, 0.717) is 18.8 Å². The number of carbonyl (C=O) groups is 1. The standard InChI is InChI=1S/C33H32O4/c1-24(2)33(34)37-19-7-5-4-6-18-36-32-17-15-28-21-26(11-13-30(28)23-32)9-8-25-10-12-29-22-31(35-3)16-14-27(29)20-25/h10-17,20-23H,1,4-7,18-19H2,2-3H3. The molecule has 0 bridgehead atoms. The Balaban J connectivity index is 1.28. The Morgan fingerprint density at radius 1 is 0.703 bits per heavy atom. The second kappa shape index (κ2) is 12.6. The molecule has 0 spiro atoms. The zero-order valence-corrected chi connectivity index (χ0v) is 21.5. The van der Waals surface area contributed by atoms with Crippen LogP contribution in [-0.2, 0) is 9.53 Å². The van der Waals surface area contributed by atoms with Crippen molar-refractivity contribution in [3.05, 3.63) is 96.1 Å². The maximum atomic E-state index is 11.3. The van der Waals surface area contributed by atoms with Gasteiger partial charge in [0.05, 0.1) is 20.3 Å². The van der Waals surface area contributed by atoms with E-state index in [1.165, 1.54) is 0 Å². The van der Waals surface area contributed by atoms with Crippen LogP contribution >= 0.6 is 0 Å². The van der Waals surface area contributed by atoms with Crippen molar-refractivity contribution in [2.45, 2.75) is 32.6 Å². The molecule has 0 aromatic heterocycles. The maximum Gasteiger partial charge on any atom is 0.333 e. The minimum atomic E-state index is -0.314. The van der Waals surface area contributed by atoms with Gasteiger partial charge in [0.2, 0.25) is 0 Å². The van der Waals surface area contributed by atoms with E-state index in [0.717, 1.165) is 69.9 Å². The zero-order valence-electron chi connectivity index (χ0n) is 21.5. The third-order valence-corrected chi connectivity index (χ3v) is 6.10. The molecule has 0 N–H and O–H groups in total. The van der Waals surface area contributed by atoms with E-state index < -0.39 is 0 Å². The van der Waals surface area contributed by atoms with E-state index >= 15 is 0 Å². The van der Waals surface area contributed by atoms with Gasteiger partial charge < -0.3 is 14.2 Å².